The molecular weight excluding hydrogens is 332 g/mol. The Bertz CT molecular complexity index is 485. The molecule has 0 aromatic carbocycles. The van der Waals surface area contributed by atoms with Crippen LogP contribution in [0.25, 0.3) is 0 Å². The van der Waals surface area contributed by atoms with Crippen molar-refractivity contribution in [2.45, 2.75) is 11.0 Å². The van der Waals surface area contributed by atoms with Gasteiger partial charge in [0.15, 0.2) is 0 Å². The molecule has 110 valence electrons. The zero-order chi connectivity index (χ0) is 15.6. The first kappa shape index (κ1) is 16.8. The fourth-order valence-corrected chi connectivity index (χ4v) is 1.83. The fraction of sp³-hybridized carbons (Fsp3) is 0.222. The monoisotopic (exact) mass is 335 g/mol. The molecule has 0 atom stereocenters. The largest absolute Gasteiger partial charge is 0.449 e. The number of alkyl halides is 6. The molecule has 20 heavy (non-hydrogen) atoms. The number of halogens is 6. The number of pyridine rings is 1. The van der Waals surface area contributed by atoms with Crippen molar-refractivity contribution >= 4 is 33.8 Å². The lowest BCUT2D eigenvalue weighted by Gasteiger charge is -2.06. The second kappa shape index (κ2) is 6.04. The number of nitrogens with zero attached hydrogens (tertiary/aromatic N) is 1. The van der Waals surface area contributed by atoms with Crippen molar-refractivity contribution in [1.82, 2.24) is 4.98 Å². The third kappa shape index (κ3) is 5.82. The Labute approximate surface area is 116 Å². The third-order valence-corrected chi connectivity index (χ3v) is 2.84. The lowest BCUT2D eigenvalue weighted by atomic mass is 10.3. The minimum atomic E-state index is -4.85. The highest BCUT2D eigenvalue weighted by Crippen LogP contribution is 2.34. The topological polar surface area (TPSA) is 47.0 Å². The van der Waals surface area contributed by atoms with Gasteiger partial charge in [-0.1, -0.05) is 6.07 Å². The highest BCUT2D eigenvalue weighted by Gasteiger charge is 2.35. The van der Waals surface area contributed by atoms with Gasteiger partial charge in [0.25, 0.3) is 0 Å². The maximum Gasteiger partial charge on any atom is 0.449 e. The first-order valence-electron chi connectivity index (χ1n) is 4.55. The SMILES string of the molecule is O=C(SC(F)(F)F)c1cccc(C(=O)SC(F)(F)F)n1. The van der Waals surface area contributed by atoms with Gasteiger partial charge in [0.1, 0.15) is 11.4 Å². The van der Waals surface area contributed by atoms with Crippen molar-refractivity contribution in [3.05, 3.63) is 29.6 Å². The van der Waals surface area contributed by atoms with Crippen LogP contribution in [-0.2, 0) is 0 Å². The molecule has 0 aliphatic heterocycles. The van der Waals surface area contributed by atoms with Crippen LogP contribution in [0.4, 0.5) is 26.3 Å². The van der Waals surface area contributed by atoms with Gasteiger partial charge in [-0.25, -0.2) is 4.98 Å². The van der Waals surface area contributed by atoms with Crippen molar-refractivity contribution in [3.8, 4) is 0 Å². The molecule has 11 heteroatoms. The number of hydrogen-bond acceptors (Lipinski definition) is 5. The summed E-state index contributed by atoms with van der Waals surface area (Å²) in [5.41, 5.74) is -11.2. The van der Waals surface area contributed by atoms with Crippen molar-refractivity contribution in [3.63, 3.8) is 0 Å². The second-order valence-corrected chi connectivity index (χ2v) is 5.15. The lowest BCUT2D eigenvalue weighted by Crippen LogP contribution is -2.12. The first-order chi connectivity index (χ1) is 8.98. The minimum Gasteiger partial charge on any atom is -0.279 e. The van der Waals surface area contributed by atoms with E-state index in [0.717, 1.165) is 18.2 Å². The molecule has 0 radical (unpaired) electrons. The summed E-state index contributed by atoms with van der Waals surface area (Å²) in [5.74, 6) is 0. The predicted molar refractivity (Wildman–Crippen MR) is 60.2 cm³/mol. The van der Waals surface area contributed by atoms with E-state index in [4.69, 9.17) is 0 Å². The van der Waals surface area contributed by atoms with Crippen molar-refractivity contribution < 1.29 is 35.9 Å². The van der Waals surface area contributed by atoms with Gasteiger partial charge < -0.3 is 0 Å². The van der Waals surface area contributed by atoms with Crippen LogP contribution in [0.5, 0.6) is 0 Å². The molecular formula is C9H3F6NO2S2. The van der Waals surface area contributed by atoms with Crippen LogP contribution in [0.2, 0.25) is 0 Å². The average Bonchev–Trinajstić information content (AvgIpc) is 2.24. The molecule has 0 saturated heterocycles. The van der Waals surface area contributed by atoms with E-state index in [9.17, 15) is 35.9 Å². The van der Waals surface area contributed by atoms with Crippen LogP contribution in [0.3, 0.4) is 0 Å². The van der Waals surface area contributed by atoms with Crippen LogP contribution in [0.1, 0.15) is 21.0 Å². The van der Waals surface area contributed by atoms with E-state index in [2.05, 4.69) is 4.98 Å². The maximum absolute atomic E-state index is 12.0. The summed E-state index contributed by atoms with van der Waals surface area (Å²) in [6.07, 6.45) is 0. The summed E-state index contributed by atoms with van der Waals surface area (Å²) in [5, 5.41) is -3.02. The van der Waals surface area contributed by atoms with Gasteiger partial charge in [-0.3, -0.25) is 9.59 Å². The highest BCUT2D eigenvalue weighted by molar-refractivity contribution is 8.15. The molecule has 0 amide bonds. The van der Waals surface area contributed by atoms with E-state index in [1.165, 1.54) is 0 Å². The number of hydrogen-bond donors (Lipinski definition) is 0. The van der Waals surface area contributed by atoms with Gasteiger partial charge in [0, 0.05) is 23.5 Å². The Kier molecular flexibility index (Phi) is 5.08. The summed E-state index contributed by atoms with van der Waals surface area (Å²) < 4.78 is 71.8. The summed E-state index contributed by atoms with van der Waals surface area (Å²) in [6.45, 7) is 0. The second-order valence-electron chi connectivity index (χ2n) is 3.08. The molecule has 1 aromatic rings. The third-order valence-electron chi connectivity index (χ3n) is 1.58. The van der Waals surface area contributed by atoms with Gasteiger partial charge >= 0.3 is 11.0 Å². The van der Waals surface area contributed by atoms with Gasteiger partial charge in [-0.05, 0) is 12.1 Å². The Morgan fingerprint density at radius 1 is 0.850 bits per heavy atom. The van der Waals surface area contributed by atoms with E-state index in [-0.39, 0.29) is 0 Å². The van der Waals surface area contributed by atoms with E-state index in [1.807, 2.05) is 0 Å². The Hall–Kier alpha value is -1.23. The van der Waals surface area contributed by atoms with Gasteiger partial charge in [-0.15, -0.1) is 0 Å². The van der Waals surface area contributed by atoms with Crippen molar-refractivity contribution in [2.75, 3.05) is 0 Å². The Morgan fingerprint density at radius 2 is 1.20 bits per heavy atom. The zero-order valence-corrected chi connectivity index (χ0v) is 10.7. The van der Waals surface area contributed by atoms with Gasteiger partial charge in [-0.2, -0.15) is 26.3 Å². The van der Waals surface area contributed by atoms with Gasteiger partial charge in [0.05, 0.1) is 0 Å². The number of carbonyl (C=O) groups is 2. The van der Waals surface area contributed by atoms with Crippen molar-refractivity contribution in [1.29, 1.82) is 0 Å². The predicted octanol–water partition coefficient (Wildman–Crippen LogP) is 3.87. The standard InChI is InChI=1S/C9H3F6NO2S2/c10-8(11,12)19-6(17)4-2-1-3-5(16-4)7(18)20-9(13,14)15/h1-3H. The number of thioether (sulfide) groups is 2. The summed E-state index contributed by atoms with van der Waals surface area (Å²) in [7, 11) is 0. The van der Waals surface area contributed by atoms with E-state index in [0.29, 0.717) is 0 Å². The van der Waals surface area contributed by atoms with Crippen molar-refractivity contribution in [2.24, 2.45) is 0 Å². The molecule has 0 N–H and O–H groups in total. The maximum atomic E-state index is 12.0. The number of rotatable bonds is 2. The zero-order valence-electron chi connectivity index (χ0n) is 9.08. The molecule has 3 nitrogen and oxygen atoms in total. The normalized spacial score (nSPS) is 12.3. The molecule has 0 spiro atoms. The van der Waals surface area contributed by atoms with Crippen LogP contribution < -0.4 is 0 Å². The van der Waals surface area contributed by atoms with Crippen LogP contribution in [-0.4, -0.2) is 26.2 Å². The van der Waals surface area contributed by atoms with E-state index in [1.54, 1.807) is 0 Å². The first-order valence-corrected chi connectivity index (χ1v) is 6.18. The molecule has 0 saturated carbocycles. The lowest BCUT2D eigenvalue weighted by molar-refractivity contribution is -0.0332. The molecule has 0 aliphatic carbocycles. The van der Waals surface area contributed by atoms with E-state index >= 15 is 0 Å². The summed E-state index contributed by atoms with van der Waals surface area (Å²) in [4.78, 5) is 25.5. The summed E-state index contributed by atoms with van der Waals surface area (Å²) >= 11 is -2.00. The van der Waals surface area contributed by atoms with E-state index < -0.39 is 56.2 Å². The molecule has 1 heterocycles. The highest BCUT2D eigenvalue weighted by atomic mass is 32.2. The fourth-order valence-electron chi connectivity index (χ4n) is 0.977. The molecule has 1 rings (SSSR count). The number of carbonyl (C=O) groups excluding carboxylic acids is 2. The molecule has 0 aliphatic rings. The number of aromatic nitrogens is 1. The van der Waals surface area contributed by atoms with Crippen LogP contribution in [0, 0.1) is 0 Å². The van der Waals surface area contributed by atoms with Gasteiger partial charge in [0.2, 0.25) is 10.2 Å². The van der Waals surface area contributed by atoms with Crippen LogP contribution in [0.15, 0.2) is 18.2 Å². The minimum absolute atomic E-state index is 0.749. The average molecular weight is 335 g/mol. The smallest absolute Gasteiger partial charge is 0.279 e. The van der Waals surface area contributed by atoms with Crippen LogP contribution >= 0.6 is 23.5 Å². The summed E-state index contributed by atoms with van der Waals surface area (Å²) in [6, 6.07) is 2.72. The molecule has 1 aromatic heterocycles. The Balaban J connectivity index is 2.91. The molecule has 0 fully saturated rings. The molecule has 0 bridgehead atoms. The Morgan fingerprint density at radius 3 is 1.50 bits per heavy atom. The quantitative estimate of drug-likeness (QED) is 0.768. The molecule has 0 unspecified atom stereocenters.